The van der Waals surface area contributed by atoms with Crippen LogP contribution in [-0.4, -0.2) is 33.6 Å². The van der Waals surface area contributed by atoms with Crippen molar-refractivity contribution in [3.05, 3.63) is 53.6 Å². The molecule has 2 N–H and O–H groups in total. The summed E-state index contributed by atoms with van der Waals surface area (Å²) < 4.78 is 5.48. The van der Waals surface area contributed by atoms with Gasteiger partial charge in [0.1, 0.15) is 12.1 Å². The first kappa shape index (κ1) is 19.4. The van der Waals surface area contributed by atoms with Crippen molar-refractivity contribution in [2.45, 2.75) is 39.2 Å². The molecule has 1 aromatic carbocycles. The van der Waals surface area contributed by atoms with Gasteiger partial charge in [-0.05, 0) is 30.0 Å². The van der Waals surface area contributed by atoms with Crippen molar-refractivity contribution in [3.8, 4) is 5.75 Å². The first-order chi connectivity index (χ1) is 12.5. The molecule has 0 unspecified atom stereocenters. The van der Waals surface area contributed by atoms with Gasteiger partial charge in [0.05, 0.1) is 17.9 Å². The number of nitrogens with one attached hydrogen (secondary N) is 1. The van der Waals surface area contributed by atoms with Gasteiger partial charge in [0.2, 0.25) is 0 Å². The van der Waals surface area contributed by atoms with Crippen LogP contribution in [0.4, 0.5) is 0 Å². The molecule has 7 heteroatoms. The molecule has 0 aliphatic carbocycles. The van der Waals surface area contributed by atoms with Gasteiger partial charge >= 0.3 is 5.97 Å². The van der Waals surface area contributed by atoms with E-state index >= 15 is 0 Å². The molecule has 1 amide bonds. The average molecular weight is 357 g/mol. The van der Waals surface area contributed by atoms with E-state index in [2.05, 4.69) is 15.3 Å². The highest BCUT2D eigenvalue weighted by Crippen LogP contribution is 2.16. The minimum absolute atomic E-state index is 0.0890. The van der Waals surface area contributed by atoms with Crippen LogP contribution in [0.2, 0.25) is 0 Å². The summed E-state index contributed by atoms with van der Waals surface area (Å²) in [5.74, 6) is -0.229. The third kappa shape index (κ3) is 5.84. The van der Waals surface area contributed by atoms with E-state index in [9.17, 15) is 9.59 Å². The zero-order valence-corrected chi connectivity index (χ0v) is 14.9. The molecule has 2 rings (SSSR count). The zero-order valence-electron chi connectivity index (χ0n) is 14.9. The molecule has 0 spiro atoms. The fourth-order valence-electron chi connectivity index (χ4n) is 2.37. The van der Waals surface area contributed by atoms with Crippen molar-refractivity contribution >= 4 is 11.9 Å². The number of nitrogens with zero attached hydrogens (tertiary/aromatic N) is 2. The number of aliphatic carboxylic acids is 1. The number of carboxylic acid groups (broad SMARTS) is 1. The number of hydrogen-bond donors (Lipinski definition) is 2. The van der Waals surface area contributed by atoms with E-state index in [4.69, 9.17) is 9.84 Å². The first-order valence-corrected chi connectivity index (χ1v) is 8.49. The van der Waals surface area contributed by atoms with Gasteiger partial charge in [-0.2, -0.15) is 0 Å². The largest absolute Gasteiger partial charge is 0.494 e. The molecule has 0 saturated heterocycles. The number of carbonyl (C=O) groups is 2. The van der Waals surface area contributed by atoms with Gasteiger partial charge in [-0.25, -0.2) is 9.97 Å². The lowest BCUT2D eigenvalue weighted by molar-refractivity contribution is -0.137. The maximum absolute atomic E-state index is 12.4. The molecule has 2 aromatic rings. The molecule has 0 bridgehead atoms. The number of benzene rings is 1. The van der Waals surface area contributed by atoms with Crippen LogP contribution in [0.25, 0.3) is 0 Å². The number of carboxylic acids is 1. The van der Waals surface area contributed by atoms with Crippen LogP contribution >= 0.6 is 0 Å². The summed E-state index contributed by atoms with van der Waals surface area (Å²) in [5.41, 5.74) is 2.14. The van der Waals surface area contributed by atoms with E-state index in [0.717, 1.165) is 11.3 Å². The Bertz CT molecular complexity index is 745. The molecule has 138 valence electrons. The van der Waals surface area contributed by atoms with Gasteiger partial charge in [-0.15, -0.1) is 0 Å². The van der Waals surface area contributed by atoms with Gasteiger partial charge in [-0.1, -0.05) is 26.0 Å². The molecule has 0 radical (unpaired) electrons. The van der Waals surface area contributed by atoms with Crippen LogP contribution in [-0.2, 0) is 11.3 Å². The second-order valence-corrected chi connectivity index (χ2v) is 6.15. The summed E-state index contributed by atoms with van der Waals surface area (Å²) in [7, 11) is 0. The second-order valence-electron chi connectivity index (χ2n) is 6.15. The van der Waals surface area contributed by atoms with E-state index in [-0.39, 0.29) is 18.2 Å². The molecule has 0 aliphatic rings. The third-order valence-corrected chi connectivity index (χ3v) is 3.71. The fourth-order valence-corrected chi connectivity index (χ4v) is 2.37. The van der Waals surface area contributed by atoms with Crippen LogP contribution in [0.1, 0.15) is 54.2 Å². The molecular formula is C19H23N3O4. The van der Waals surface area contributed by atoms with Gasteiger partial charge < -0.3 is 15.2 Å². The Morgan fingerprint density at radius 1 is 1.23 bits per heavy atom. The number of carbonyl (C=O) groups excluding carboxylic acids is 1. The Labute approximate surface area is 152 Å². The van der Waals surface area contributed by atoms with Crippen molar-refractivity contribution in [2.75, 3.05) is 6.61 Å². The zero-order chi connectivity index (χ0) is 18.9. The van der Waals surface area contributed by atoms with Crippen molar-refractivity contribution in [2.24, 2.45) is 0 Å². The van der Waals surface area contributed by atoms with E-state index in [1.807, 2.05) is 26.0 Å². The lowest BCUT2D eigenvalue weighted by Crippen LogP contribution is -2.25. The van der Waals surface area contributed by atoms with Crippen molar-refractivity contribution in [1.82, 2.24) is 15.3 Å². The first-order valence-electron chi connectivity index (χ1n) is 8.49. The van der Waals surface area contributed by atoms with Crippen molar-refractivity contribution < 1.29 is 19.4 Å². The third-order valence-electron chi connectivity index (χ3n) is 3.71. The standard InChI is InChI=1S/C19H23N3O4/c1-13(2)18-16(11-20-12-22-18)19(25)21-10-14-5-7-15(8-6-14)26-9-3-4-17(23)24/h5-8,11-13H,3-4,9-10H2,1-2H3,(H,21,25)(H,23,24). The van der Waals surface area contributed by atoms with Gasteiger partial charge in [-0.3, -0.25) is 9.59 Å². The minimum atomic E-state index is -0.830. The monoisotopic (exact) mass is 357 g/mol. The highest BCUT2D eigenvalue weighted by atomic mass is 16.5. The number of hydrogen-bond acceptors (Lipinski definition) is 5. The van der Waals surface area contributed by atoms with Gasteiger partial charge in [0, 0.05) is 19.2 Å². The highest BCUT2D eigenvalue weighted by molar-refractivity contribution is 5.95. The quantitative estimate of drug-likeness (QED) is 0.669. The Morgan fingerprint density at radius 3 is 2.62 bits per heavy atom. The van der Waals surface area contributed by atoms with Gasteiger partial charge in [0.25, 0.3) is 5.91 Å². The van der Waals surface area contributed by atoms with E-state index in [0.29, 0.717) is 30.9 Å². The van der Waals surface area contributed by atoms with Crippen LogP contribution in [0.5, 0.6) is 5.75 Å². The summed E-state index contributed by atoms with van der Waals surface area (Å²) in [5, 5.41) is 11.5. The molecule has 0 fully saturated rings. The van der Waals surface area contributed by atoms with E-state index in [1.54, 1.807) is 12.1 Å². The molecule has 0 aliphatic heterocycles. The maximum Gasteiger partial charge on any atom is 0.303 e. The lowest BCUT2D eigenvalue weighted by atomic mass is 10.0. The smallest absolute Gasteiger partial charge is 0.303 e. The molecule has 26 heavy (non-hydrogen) atoms. The summed E-state index contributed by atoms with van der Waals surface area (Å²) in [6, 6.07) is 7.32. The second kappa shape index (κ2) is 9.50. The molecule has 1 heterocycles. The molecule has 1 aromatic heterocycles. The fraction of sp³-hybridized carbons (Fsp3) is 0.368. The predicted octanol–water partition coefficient (Wildman–Crippen LogP) is 2.77. The summed E-state index contributed by atoms with van der Waals surface area (Å²) >= 11 is 0. The van der Waals surface area contributed by atoms with Crippen molar-refractivity contribution in [3.63, 3.8) is 0 Å². The average Bonchev–Trinajstić information content (AvgIpc) is 2.64. The van der Waals surface area contributed by atoms with Crippen LogP contribution in [0, 0.1) is 0 Å². The van der Waals surface area contributed by atoms with Crippen LogP contribution in [0.3, 0.4) is 0 Å². The number of rotatable bonds is 9. The summed E-state index contributed by atoms with van der Waals surface area (Å²) in [4.78, 5) is 30.9. The van der Waals surface area contributed by atoms with Crippen LogP contribution < -0.4 is 10.1 Å². The Kier molecular flexibility index (Phi) is 7.08. The minimum Gasteiger partial charge on any atom is -0.494 e. The SMILES string of the molecule is CC(C)c1ncncc1C(=O)NCc1ccc(OCCCC(=O)O)cc1. The normalized spacial score (nSPS) is 10.6. The molecule has 7 nitrogen and oxygen atoms in total. The Hall–Kier alpha value is -2.96. The molecule has 0 atom stereocenters. The topological polar surface area (TPSA) is 101 Å². The Morgan fingerprint density at radius 2 is 1.96 bits per heavy atom. The Balaban J connectivity index is 1.86. The maximum atomic E-state index is 12.4. The molecule has 0 saturated carbocycles. The summed E-state index contributed by atoms with van der Waals surface area (Å²) in [6.07, 6.45) is 3.53. The highest BCUT2D eigenvalue weighted by Gasteiger charge is 2.15. The molecular weight excluding hydrogens is 334 g/mol. The number of ether oxygens (including phenoxy) is 1. The van der Waals surface area contributed by atoms with Crippen LogP contribution in [0.15, 0.2) is 36.8 Å². The van der Waals surface area contributed by atoms with Crippen molar-refractivity contribution in [1.29, 1.82) is 0 Å². The number of amides is 1. The van der Waals surface area contributed by atoms with E-state index < -0.39 is 5.97 Å². The van der Waals surface area contributed by atoms with Gasteiger partial charge in [0.15, 0.2) is 0 Å². The predicted molar refractivity (Wildman–Crippen MR) is 96.1 cm³/mol. The lowest BCUT2D eigenvalue weighted by Gasteiger charge is -2.11. The summed E-state index contributed by atoms with van der Waals surface area (Å²) in [6.45, 7) is 4.70. The van der Waals surface area contributed by atoms with E-state index in [1.165, 1.54) is 12.5 Å². The number of aromatic nitrogens is 2.